The molecule has 3 atom stereocenters. The first-order chi connectivity index (χ1) is 14.8. The summed E-state index contributed by atoms with van der Waals surface area (Å²) in [5.74, 6) is 0.901. The third-order valence-corrected chi connectivity index (χ3v) is 5.58. The Kier molecular flexibility index (Phi) is 7.43. The van der Waals surface area contributed by atoms with Gasteiger partial charge in [0.25, 0.3) is 0 Å². The Balaban J connectivity index is 1.59. The predicted octanol–water partition coefficient (Wildman–Crippen LogP) is 3.03. The average molecular weight is 431 g/mol. The van der Waals surface area contributed by atoms with Gasteiger partial charge in [0.1, 0.15) is 17.6 Å². The average Bonchev–Trinajstić information content (AvgIpc) is 3.21. The van der Waals surface area contributed by atoms with Crippen molar-refractivity contribution in [1.82, 2.24) is 9.97 Å². The van der Waals surface area contributed by atoms with E-state index < -0.39 is 5.82 Å². The fourth-order valence-corrected chi connectivity index (χ4v) is 3.60. The van der Waals surface area contributed by atoms with E-state index in [1.165, 1.54) is 6.20 Å². The van der Waals surface area contributed by atoms with Crippen molar-refractivity contribution in [3.05, 3.63) is 41.8 Å². The van der Waals surface area contributed by atoms with Crippen molar-refractivity contribution in [2.45, 2.75) is 38.7 Å². The van der Waals surface area contributed by atoms with Crippen molar-refractivity contribution in [1.29, 1.82) is 0 Å². The van der Waals surface area contributed by atoms with E-state index in [1.807, 2.05) is 57.1 Å². The number of aliphatic hydroxyl groups excluding tert-OH is 1. The van der Waals surface area contributed by atoms with Gasteiger partial charge in [0.05, 0.1) is 12.7 Å². The van der Waals surface area contributed by atoms with Gasteiger partial charge in [0.2, 0.25) is 5.95 Å². The summed E-state index contributed by atoms with van der Waals surface area (Å²) in [5.41, 5.74) is 0.926. The monoisotopic (exact) mass is 430 g/mol. The molecule has 1 aliphatic heterocycles. The molecule has 0 aliphatic carbocycles. The van der Waals surface area contributed by atoms with Crippen molar-refractivity contribution in [3.63, 3.8) is 0 Å². The van der Waals surface area contributed by atoms with Gasteiger partial charge in [0.15, 0.2) is 11.6 Å². The standard InChI is InChI=1S/C23H31FN4O3/c1-15(14-29)11-21(30)16(2)17-5-7-18(8-6-17)31-19-9-10-28(13-19)22-20(24)12-25-23(26-22)27(3)4/h5-8,12,15-16,19,29H,9-11,13-14H2,1-4H3/t15?,16?,19-/m1/s1. The number of rotatable bonds is 9. The van der Waals surface area contributed by atoms with Crippen LogP contribution < -0.4 is 14.5 Å². The summed E-state index contributed by atoms with van der Waals surface area (Å²) < 4.78 is 20.3. The number of aliphatic hydroxyl groups is 1. The van der Waals surface area contributed by atoms with Crippen LogP contribution in [0.1, 0.15) is 38.2 Å². The van der Waals surface area contributed by atoms with Crippen molar-refractivity contribution in [2.75, 3.05) is 43.6 Å². The van der Waals surface area contributed by atoms with Crippen LogP contribution in [0.25, 0.3) is 0 Å². The SMILES string of the molecule is CC(CO)CC(=O)C(C)c1ccc(O[C@@H]2CCN(c3nc(N(C)C)ncc3F)C2)cc1. The van der Waals surface area contributed by atoms with E-state index in [0.29, 0.717) is 31.3 Å². The van der Waals surface area contributed by atoms with Gasteiger partial charge in [-0.05, 0) is 23.6 Å². The van der Waals surface area contributed by atoms with Gasteiger partial charge in [-0.15, -0.1) is 0 Å². The van der Waals surface area contributed by atoms with Crippen LogP contribution in [0.2, 0.25) is 0 Å². The molecule has 1 N–H and O–H groups in total. The molecule has 1 saturated heterocycles. The molecular formula is C23H31FN4O3. The molecule has 0 bridgehead atoms. The number of anilines is 2. The van der Waals surface area contributed by atoms with Crippen molar-refractivity contribution in [3.8, 4) is 5.75 Å². The lowest BCUT2D eigenvalue weighted by molar-refractivity contribution is -0.121. The first-order valence-corrected chi connectivity index (χ1v) is 10.6. The summed E-state index contributed by atoms with van der Waals surface area (Å²) in [6.45, 7) is 4.95. The number of hydrogen-bond donors (Lipinski definition) is 1. The quantitative estimate of drug-likeness (QED) is 0.655. The van der Waals surface area contributed by atoms with E-state index in [2.05, 4.69) is 9.97 Å². The molecule has 1 aliphatic rings. The molecule has 8 heteroatoms. The summed E-state index contributed by atoms with van der Waals surface area (Å²) in [5, 5.41) is 9.15. The van der Waals surface area contributed by atoms with Crippen LogP contribution in [0.15, 0.2) is 30.5 Å². The first-order valence-electron chi connectivity index (χ1n) is 10.6. The fourth-order valence-electron chi connectivity index (χ4n) is 3.60. The maximum atomic E-state index is 14.3. The molecule has 31 heavy (non-hydrogen) atoms. The molecule has 1 fully saturated rings. The van der Waals surface area contributed by atoms with Gasteiger partial charge >= 0.3 is 0 Å². The fraction of sp³-hybridized carbons (Fsp3) is 0.522. The Hall–Kier alpha value is -2.74. The highest BCUT2D eigenvalue weighted by Crippen LogP contribution is 2.27. The largest absolute Gasteiger partial charge is 0.489 e. The lowest BCUT2D eigenvalue weighted by Crippen LogP contribution is -2.27. The minimum atomic E-state index is -0.440. The minimum absolute atomic E-state index is 0.0129. The van der Waals surface area contributed by atoms with Gasteiger partial charge in [0, 0.05) is 46.0 Å². The Morgan fingerprint density at radius 2 is 2.03 bits per heavy atom. The summed E-state index contributed by atoms with van der Waals surface area (Å²) >= 11 is 0. The van der Waals surface area contributed by atoms with E-state index in [4.69, 9.17) is 9.84 Å². The lowest BCUT2D eigenvalue weighted by atomic mass is 9.91. The molecule has 0 amide bonds. The maximum Gasteiger partial charge on any atom is 0.226 e. The smallest absolute Gasteiger partial charge is 0.226 e. The van der Waals surface area contributed by atoms with Crippen molar-refractivity contribution >= 4 is 17.5 Å². The first kappa shape index (κ1) is 22.9. The van der Waals surface area contributed by atoms with Crippen LogP contribution in [-0.4, -0.2) is 60.8 Å². The molecule has 3 rings (SSSR count). The zero-order valence-electron chi connectivity index (χ0n) is 18.6. The molecule has 1 aromatic carbocycles. The Labute approximate surface area is 182 Å². The summed E-state index contributed by atoms with van der Waals surface area (Å²) in [7, 11) is 3.64. The highest BCUT2D eigenvalue weighted by Gasteiger charge is 2.28. The molecular weight excluding hydrogens is 399 g/mol. The molecule has 0 spiro atoms. The van der Waals surface area contributed by atoms with Crippen LogP contribution in [0.3, 0.4) is 0 Å². The molecule has 168 valence electrons. The van der Waals surface area contributed by atoms with Gasteiger partial charge in [-0.3, -0.25) is 4.79 Å². The van der Waals surface area contributed by atoms with E-state index in [1.54, 1.807) is 4.90 Å². The highest BCUT2D eigenvalue weighted by atomic mass is 19.1. The summed E-state index contributed by atoms with van der Waals surface area (Å²) in [6.07, 6.45) is 2.25. The lowest BCUT2D eigenvalue weighted by Gasteiger charge is -2.20. The van der Waals surface area contributed by atoms with Gasteiger partial charge < -0.3 is 19.6 Å². The zero-order chi connectivity index (χ0) is 22.5. The molecule has 2 unspecified atom stereocenters. The molecule has 7 nitrogen and oxygen atoms in total. The second-order valence-electron chi connectivity index (χ2n) is 8.46. The van der Waals surface area contributed by atoms with Crippen LogP contribution in [0.5, 0.6) is 5.75 Å². The number of ether oxygens (including phenoxy) is 1. The zero-order valence-corrected chi connectivity index (χ0v) is 18.6. The number of carbonyl (C=O) groups excluding carboxylic acids is 1. The Morgan fingerprint density at radius 1 is 1.32 bits per heavy atom. The summed E-state index contributed by atoms with van der Waals surface area (Å²) in [4.78, 5) is 24.3. The number of ketones is 1. The third-order valence-electron chi connectivity index (χ3n) is 5.58. The highest BCUT2D eigenvalue weighted by molar-refractivity contribution is 5.85. The number of aromatic nitrogens is 2. The van der Waals surface area contributed by atoms with Crippen LogP contribution in [0.4, 0.5) is 16.2 Å². The second-order valence-corrected chi connectivity index (χ2v) is 8.46. The van der Waals surface area contributed by atoms with Gasteiger partial charge in [-0.1, -0.05) is 26.0 Å². The molecule has 0 radical (unpaired) electrons. The number of benzene rings is 1. The second kappa shape index (κ2) is 10.0. The van der Waals surface area contributed by atoms with Crippen LogP contribution >= 0.6 is 0 Å². The van der Waals surface area contributed by atoms with Gasteiger partial charge in [-0.25, -0.2) is 9.37 Å². The van der Waals surface area contributed by atoms with Gasteiger partial charge in [-0.2, -0.15) is 4.98 Å². The van der Waals surface area contributed by atoms with E-state index in [-0.39, 0.29) is 30.3 Å². The van der Waals surface area contributed by atoms with E-state index in [9.17, 15) is 9.18 Å². The number of carbonyl (C=O) groups is 1. The molecule has 0 saturated carbocycles. The predicted molar refractivity (Wildman–Crippen MR) is 118 cm³/mol. The van der Waals surface area contributed by atoms with Crippen molar-refractivity contribution < 1.29 is 19.0 Å². The molecule has 2 aromatic rings. The third kappa shape index (κ3) is 5.70. The van der Waals surface area contributed by atoms with Crippen LogP contribution in [0, 0.1) is 11.7 Å². The maximum absolute atomic E-state index is 14.3. The number of Topliss-reactive ketones (excluding diaryl/α,β-unsaturated/α-hetero) is 1. The Morgan fingerprint density at radius 3 is 2.68 bits per heavy atom. The number of hydrogen-bond acceptors (Lipinski definition) is 7. The molecule has 2 heterocycles. The molecule has 1 aromatic heterocycles. The van der Waals surface area contributed by atoms with E-state index >= 15 is 0 Å². The van der Waals surface area contributed by atoms with Crippen LogP contribution in [-0.2, 0) is 4.79 Å². The minimum Gasteiger partial charge on any atom is -0.489 e. The van der Waals surface area contributed by atoms with E-state index in [0.717, 1.165) is 17.7 Å². The topological polar surface area (TPSA) is 78.8 Å². The number of nitrogens with zero attached hydrogens (tertiary/aromatic N) is 4. The van der Waals surface area contributed by atoms with Crippen molar-refractivity contribution in [2.24, 2.45) is 5.92 Å². The Bertz CT molecular complexity index is 891. The summed E-state index contributed by atoms with van der Waals surface area (Å²) in [6, 6.07) is 7.54. The number of halogens is 1. The normalized spacial score (nSPS) is 18.0.